The van der Waals surface area contributed by atoms with Gasteiger partial charge in [-0.05, 0) is 12.1 Å². The summed E-state index contributed by atoms with van der Waals surface area (Å²) >= 11 is 5.69. The monoisotopic (exact) mass is 204 g/mol. The molecule has 0 spiro atoms. The van der Waals surface area contributed by atoms with Crippen molar-refractivity contribution < 1.29 is 9.50 Å². The molecule has 0 fully saturated rings. The lowest BCUT2D eigenvalue weighted by atomic mass is 10.1. The average Bonchev–Trinajstić information content (AvgIpc) is 2.04. The molecule has 72 valence electrons. The fraction of sp³-hybridized carbons (Fsp3) is 0.250. The third-order valence-electron chi connectivity index (χ3n) is 1.64. The molecule has 1 rings (SSSR count). The summed E-state index contributed by atoms with van der Waals surface area (Å²) in [5.74, 6) is 4.46. The molecule has 3 nitrogen and oxygen atoms in total. The molecule has 13 heavy (non-hydrogen) atoms. The van der Waals surface area contributed by atoms with Gasteiger partial charge in [0.1, 0.15) is 5.82 Å². The molecule has 0 heterocycles. The highest BCUT2D eigenvalue weighted by Crippen LogP contribution is 2.24. The maximum absolute atomic E-state index is 13.1. The largest absolute Gasteiger partial charge is 0.387 e. The Morgan fingerprint density at radius 2 is 2.31 bits per heavy atom. The van der Waals surface area contributed by atoms with Crippen molar-refractivity contribution >= 4 is 11.6 Å². The second-order valence-electron chi connectivity index (χ2n) is 2.56. The standard InChI is InChI=1S/C8H10ClFN2O/c9-5-2-1-3-6(10)8(5)7(13)4-12-11/h1-3,7,12-13H,4,11H2. The summed E-state index contributed by atoms with van der Waals surface area (Å²) in [5, 5.41) is 9.61. The predicted molar refractivity (Wildman–Crippen MR) is 48.6 cm³/mol. The van der Waals surface area contributed by atoms with E-state index in [9.17, 15) is 9.50 Å². The normalized spacial score (nSPS) is 12.9. The highest BCUT2D eigenvalue weighted by atomic mass is 35.5. The minimum absolute atomic E-state index is 0.0562. The van der Waals surface area contributed by atoms with E-state index in [1.807, 2.05) is 0 Å². The van der Waals surface area contributed by atoms with Crippen LogP contribution in [0, 0.1) is 5.82 Å². The van der Waals surface area contributed by atoms with Crippen LogP contribution < -0.4 is 11.3 Å². The van der Waals surface area contributed by atoms with Gasteiger partial charge in [0.25, 0.3) is 0 Å². The van der Waals surface area contributed by atoms with Crippen LogP contribution in [0.5, 0.6) is 0 Å². The number of aliphatic hydroxyl groups excluding tert-OH is 1. The first kappa shape index (κ1) is 10.4. The Morgan fingerprint density at radius 3 is 2.85 bits per heavy atom. The van der Waals surface area contributed by atoms with E-state index < -0.39 is 11.9 Å². The molecule has 0 bridgehead atoms. The topological polar surface area (TPSA) is 58.3 Å². The number of aliphatic hydroxyl groups is 1. The van der Waals surface area contributed by atoms with Gasteiger partial charge in [0.2, 0.25) is 0 Å². The number of benzene rings is 1. The van der Waals surface area contributed by atoms with Gasteiger partial charge in [0, 0.05) is 17.1 Å². The Kier molecular flexibility index (Phi) is 3.62. The van der Waals surface area contributed by atoms with Crippen LogP contribution in [-0.2, 0) is 0 Å². The van der Waals surface area contributed by atoms with Crippen LogP contribution in [-0.4, -0.2) is 11.7 Å². The zero-order valence-electron chi connectivity index (χ0n) is 6.80. The quantitative estimate of drug-likeness (QED) is 0.508. The molecule has 5 heteroatoms. The van der Waals surface area contributed by atoms with Crippen LogP contribution in [0.15, 0.2) is 18.2 Å². The van der Waals surface area contributed by atoms with Gasteiger partial charge in [-0.25, -0.2) is 4.39 Å². The predicted octanol–water partition coefficient (Wildman–Crippen LogP) is 0.976. The number of hydrazine groups is 1. The smallest absolute Gasteiger partial charge is 0.130 e. The lowest BCUT2D eigenvalue weighted by molar-refractivity contribution is 0.170. The van der Waals surface area contributed by atoms with Crippen LogP contribution in [0.2, 0.25) is 5.02 Å². The minimum atomic E-state index is -1.03. The molecule has 0 saturated carbocycles. The van der Waals surface area contributed by atoms with Crippen LogP contribution in [0.4, 0.5) is 4.39 Å². The summed E-state index contributed by atoms with van der Waals surface area (Å²) in [5.41, 5.74) is 2.32. The molecule has 1 unspecified atom stereocenters. The van der Waals surface area contributed by atoms with E-state index in [-0.39, 0.29) is 17.1 Å². The van der Waals surface area contributed by atoms with Gasteiger partial charge in [0.15, 0.2) is 0 Å². The Hall–Kier alpha value is -0.680. The number of nitrogens with two attached hydrogens (primary N) is 1. The van der Waals surface area contributed by atoms with Crippen molar-refractivity contribution in [3.63, 3.8) is 0 Å². The van der Waals surface area contributed by atoms with E-state index in [1.54, 1.807) is 0 Å². The third-order valence-corrected chi connectivity index (χ3v) is 1.97. The highest BCUT2D eigenvalue weighted by Gasteiger charge is 2.15. The van der Waals surface area contributed by atoms with E-state index in [4.69, 9.17) is 17.4 Å². The number of hydrogen-bond donors (Lipinski definition) is 3. The average molecular weight is 205 g/mol. The van der Waals surface area contributed by atoms with Crippen LogP contribution in [0.1, 0.15) is 11.7 Å². The van der Waals surface area contributed by atoms with Crippen LogP contribution in [0.25, 0.3) is 0 Å². The van der Waals surface area contributed by atoms with Crippen molar-refractivity contribution in [1.82, 2.24) is 5.43 Å². The summed E-state index contributed by atoms with van der Waals surface area (Å²) in [4.78, 5) is 0. The molecule has 0 aliphatic rings. The molecular formula is C8H10ClFN2O. The van der Waals surface area contributed by atoms with E-state index in [1.165, 1.54) is 18.2 Å². The second-order valence-corrected chi connectivity index (χ2v) is 2.97. The minimum Gasteiger partial charge on any atom is -0.387 e. The van der Waals surface area contributed by atoms with Crippen LogP contribution >= 0.6 is 11.6 Å². The Morgan fingerprint density at radius 1 is 1.62 bits per heavy atom. The molecule has 1 aromatic rings. The molecule has 1 aromatic carbocycles. The van der Waals surface area contributed by atoms with Gasteiger partial charge < -0.3 is 5.11 Å². The summed E-state index contributed by atoms with van der Waals surface area (Å²) in [7, 11) is 0. The summed E-state index contributed by atoms with van der Waals surface area (Å²) in [6, 6.07) is 4.23. The number of hydrogen-bond acceptors (Lipinski definition) is 3. The molecule has 0 aliphatic carbocycles. The molecule has 0 aliphatic heterocycles. The van der Waals surface area contributed by atoms with E-state index in [0.29, 0.717) is 0 Å². The lowest BCUT2D eigenvalue weighted by Gasteiger charge is -2.12. The van der Waals surface area contributed by atoms with Gasteiger partial charge in [0.05, 0.1) is 6.10 Å². The Balaban J connectivity index is 2.98. The third kappa shape index (κ3) is 2.38. The van der Waals surface area contributed by atoms with E-state index in [2.05, 4.69) is 5.43 Å². The number of nitrogens with one attached hydrogen (secondary N) is 1. The second kappa shape index (κ2) is 4.53. The summed E-state index contributed by atoms with van der Waals surface area (Å²) < 4.78 is 13.1. The number of rotatable bonds is 3. The van der Waals surface area contributed by atoms with Gasteiger partial charge in [-0.3, -0.25) is 11.3 Å². The lowest BCUT2D eigenvalue weighted by Crippen LogP contribution is -2.28. The Bertz CT molecular complexity index is 275. The van der Waals surface area contributed by atoms with Crippen molar-refractivity contribution in [1.29, 1.82) is 0 Å². The van der Waals surface area contributed by atoms with Gasteiger partial charge in [-0.1, -0.05) is 17.7 Å². The first-order valence-corrected chi connectivity index (χ1v) is 4.10. The molecule has 0 amide bonds. The van der Waals surface area contributed by atoms with Gasteiger partial charge in [-0.15, -0.1) is 0 Å². The number of halogens is 2. The maximum Gasteiger partial charge on any atom is 0.130 e. The maximum atomic E-state index is 13.1. The molecule has 1 atom stereocenters. The first-order valence-electron chi connectivity index (χ1n) is 3.72. The molecule has 0 saturated heterocycles. The van der Waals surface area contributed by atoms with Crippen molar-refractivity contribution in [3.05, 3.63) is 34.6 Å². The zero-order valence-corrected chi connectivity index (χ0v) is 7.55. The molecule has 0 aromatic heterocycles. The van der Waals surface area contributed by atoms with Crippen molar-refractivity contribution in [2.24, 2.45) is 5.84 Å². The van der Waals surface area contributed by atoms with Gasteiger partial charge in [-0.2, -0.15) is 0 Å². The Labute approximate surface area is 80.3 Å². The highest BCUT2D eigenvalue weighted by molar-refractivity contribution is 6.31. The SMILES string of the molecule is NNCC(O)c1c(F)cccc1Cl. The molecule has 4 N–H and O–H groups in total. The van der Waals surface area contributed by atoms with Crippen molar-refractivity contribution in [2.75, 3.05) is 6.54 Å². The molecule has 0 radical (unpaired) electrons. The summed E-state index contributed by atoms with van der Waals surface area (Å²) in [6.07, 6.45) is -1.03. The van der Waals surface area contributed by atoms with Crippen molar-refractivity contribution in [3.8, 4) is 0 Å². The fourth-order valence-electron chi connectivity index (χ4n) is 1.04. The van der Waals surface area contributed by atoms with Crippen LogP contribution in [0.3, 0.4) is 0 Å². The van der Waals surface area contributed by atoms with Crippen molar-refractivity contribution in [2.45, 2.75) is 6.10 Å². The zero-order chi connectivity index (χ0) is 9.84. The van der Waals surface area contributed by atoms with Gasteiger partial charge >= 0.3 is 0 Å². The first-order chi connectivity index (χ1) is 6.16. The summed E-state index contributed by atoms with van der Waals surface area (Å²) in [6.45, 7) is 0.0562. The van der Waals surface area contributed by atoms with E-state index in [0.717, 1.165) is 0 Å². The molecular weight excluding hydrogens is 195 g/mol. The fourth-order valence-corrected chi connectivity index (χ4v) is 1.33. The van der Waals surface area contributed by atoms with E-state index >= 15 is 0 Å².